The topological polar surface area (TPSA) is 80.6 Å². The van der Waals surface area contributed by atoms with Crippen LogP contribution in [0.5, 0.6) is 5.75 Å². The third-order valence-electron chi connectivity index (χ3n) is 4.88. The molecule has 2 amide bonds. The van der Waals surface area contributed by atoms with Crippen molar-refractivity contribution in [1.29, 1.82) is 0 Å². The highest BCUT2D eigenvalue weighted by atomic mass is 16.5. The normalized spacial score (nSPS) is 12.7. The van der Waals surface area contributed by atoms with Crippen molar-refractivity contribution in [2.24, 2.45) is 0 Å². The zero-order valence-electron chi connectivity index (χ0n) is 15.9. The van der Waals surface area contributed by atoms with Crippen LogP contribution in [0.1, 0.15) is 34.5 Å². The van der Waals surface area contributed by atoms with E-state index < -0.39 is 0 Å². The molecule has 0 atom stereocenters. The Balaban J connectivity index is 1.34. The summed E-state index contributed by atoms with van der Waals surface area (Å²) in [5.74, 6) is 0.155. The number of furan rings is 1. The molecule has 2 aromatic carbocycles. The van der Waals surface area contributed by atoms with Crippen LogP contribution in [0, 0.1) is 0 Å². The summed E-state index contributed by atoms with van der Waals surface area (Å²) >= 11 is 0. The van der Waals surface area contributed by atoms with Gasteiger partial charge in [-0.3, -0.25) is 9.59 Å². The summed E-state index contributed by atoms with van der Waals surface area (Å²) in [5.41, 5.74) is 3.97. The molecule has 0 aliphatic heterocycles. The molecule has 0 unspecified atom stereocenters. The van der Waals surface area contributed by atoms with E-state index in [1.165, 1.54) is 23.8 Å². The Hall–Kier alpha value is -3.54. The second-order valence-electron chi connectivity index (χ2n) is 6.95. The second kappa shape index (κ2) is 8.65. The first-order chi connectivity index (χ1) is 14.2. The van der Waals surface area contributed by atoms with E-state index >= 15 is 0 Å². The number of hydrogen-bond acceptors (Lipinski definition) is 4. The zero-order valence-corrected chi connectivity index (χ0v) is 15.9. The molecule has 1 aromatic heterocycles. The van der Waals surface area contributed by atoms with Gasteiger partial charge in [0, 0.05) is 17.4 Å². The van der Waals surface area contributed by atoms with Crippen molar-refractivity contribution in [1.82, 2.24) is 0 Å². The van der Waals surface area contributed by atoms with Gasteiger partial charge in [0.15, 0.2) is 12.4 Å². The van der Waals surface area contributed by atoms with E-state index in [0.717, 1.165) is 24.9 Å². The van der Waals surface area contributed by atoms with Gasteiger partial charge in [-0.25, -0.2) is 0 Å². The minimum Gasteiger partial charge on any atom is -0.484 e. The van der Waals surface area contributed by atoms with E-state index in [0.29, 0.717) is 11.4 Å². The van der Waals surface area contributed by atoms with Gasteiger partial charge < -0.3 is 19.8 Å². The maximum absolute atomic E-state index is 12.4. The van der Waals surface area contributed by atoms with Crippen LogP contribution in [0.15, 0.2) is 65.3 Å². The number of amides is 2. The van der Waals surface area contributed by atoms with Crippen molar-refractivity contribution in [2.45, 2.75) is 25.7 Å². The van der Waals surface area contributed by atoms with Gasteiger partial charge in [-0.05, 0) is 67.1 Å². The van der Waals surface area contributed by atoms with Gasteiger partial charge in [0.2, 0.25) is 0 Å². The van der Waals surface area contributed by atoms with E-state index in [1.807, 2.05) is 12.1 Å². The van der Waals surface area contributed by atoms with Gasteiger partial charge in [-0.1, -0.05) is 18.2 Å². The van der Waals surface area contributed by atoms with Crippen molar-refractivity contribution in [3.8, 4) is 5.75 Å². The molecule has 1 heterocycles. The van der Waals surface area contributed by atoms with Crippen molar-refractivity contribution >= 4 is 23.2 Å². The van der Waals surface area contributed by atoms with Crippen LogP contribution in [-0.4, -0.2) is 18.4 Å². The molecule has 29 heavy (non-hydrogen) atoms. The third-order valence-corrected chi connectivity index (χ3v) is 4.88. The van der Waals surface area contributed by atoms with Crippen molar-refractivity contribution in [2.75, 3.05) is 17.2 Å². The van der Waals surface area contributed by atoms with Gasteiger partial charge in [-0.15, -0.1) is 0 Å². The predicted octanol–water partition coefficient (Wildman–Crippen LogP) is 4.43. The summed E-state index contributed by atoms with van der Waals surface area (Å²) in [6, 6.07) is 16.2. The fourth-order valence-electron chi connectivity index (χ4n) is 3.50. The van der Waals surface area contributed by atoms with E-state index in [-0.39, 0.29) is 24.2 Å². The molecule has 6 nitrogen and oxygen atoms in total. The minimum atomic E-state index is -0.348. The predicted molar refractivity (Wildman–Crippen MR) is 110 cm³/mol. The van der Waals surface area contributed by atoms with Gasteiger partial charge >= 0.3 is 0 Å². The Kier molecular flexibility index (Phi) is 5.61. The summed E-state index contributed by atoms with van der Waals surface area (Å²) in [5, 5.41) is 5.69. The Labute approximate surface area is 168 Å². The summed E-state index contributed by atoms with van der Waals surface area (Å²) in [6.45, 7) is -0.112. The summed E-state index contributed by atoms with van der Waals surface area (Å²) in [4.78, 5) is 24.4. The highest BCUT2D eigenvalue weighted by molar-refractivity contribution is 6.02. The molecule has 2 N–H and O–H groups in total. The molecule has 4 rings (SSSR count). The molecule has 3 aromatic rings. The molecule has 0 saturated heterocycles. The molecular formula is C23H22N2O4. The molecular weight excluding hydrogens is 368 g/mol. The highest BCUT2D eigenvalue weighted by Crippen LogP contribution is 2.28. The van der Waals surface area contributed by atoms with Crippen molar-refractivity contribution in [3.05, 3.63) is 77.7 Å². The van der Waals surface area contributed by atoms with Crippen LogP contribution in [-0.2, 0) is 17.6 Å². The maximum Gasteiger partial charge on any atom is 0.291 e. The third kappa shape index (κ3) is 4.66. The van der Waals surface area contributed by atoms with Crippen LogP contribution in [0.25, 0.3) is 0 Å². The van der Waals surface area contributed by atoms with Crippen LogP contribution in [0.4, 0.5) is 11.4 Å². The molecule has 0 radical (unpaired) electrons. The average Bonchev–Trinajstić information content (AvgIpc) is 3.28. The number of carbonyl (C=O) groups excluding carboxylic acids is 2. The fraction of sp³-hybridized carbons (Fsp3) is 0.217. The van der Waals surface area contributed by atoms with Crippen LogP contribution in [0.3, 0.4) is 0 Å². The molecule has 6 heteroatoms. The van der Waals surface area contributed by atoms with Crippen LogP contribution < -0.4 is 15.4 Å². The SMILES string of the molecule is O=C(COc1cccc(NC(=O)c2ccco2)c1)Nc1cccc2c1CCCC2. The quantitative estimate of drug-likeness (QED) is 0.653. The molecule has 0 fully saturated rings. The number of aryl methyl sites for hydroxylation is 1. The lowest BCUT2D eigenvalue weighted by Crippen LogP contribution is -2.21. The number of hydrogen-bond donors (Lipinski definition) is 2. The lowest BCUT2D eigenvalue weighted by Gasteiger charge is -2.19. The Bertz CT molecular complexity index is 1010. The summed E-state index contributed by atoms with van der Waals surface area (Å²) in [7, 11) is 0. The fourth-order valence-corrected chi connectivity index (χ4v) is 3.50. The lowest BCUT2D eigenvalue weighted by molar-refractivity contribution is -0.118. The number of carbonyl (C=O) groups is 2. The van der Waals surface area contributed by atoms with Gasteiger partial charge in [0.1, 0.15) is 5.75 Å². The van der Waals surface area contributed by atoms with E-state index in [1.54, 1.807) is 36.4 Å². The first kappa shape index (κ1) is 18.8. The second-order valence-corrected chi connectivity index (χ2v) is 6.95. The van der Waals surface area contributed by atoms with Crippen LogP contribution in [0.2, 0.25) is 0 Å². The van der Waals surface area contributed by atoms with E-state index in [4.69, 9.17) is 9.15 Å². The molecule has 0 spiro atoms. The first-order valence-corrected chi connectivity index (χ1v) is 9.67. The van der Waals surface area contributed by atoms with Crippen molar-refractivity contribution in [3.63, 3.8) is 0 Å². The Morgan fingerprint density at radius 3 is 2.69 bits per heavy atom. The van der Waals surface area contributed by atoms with Gasteiger partial charge in [0.05, 0.1) is 6.26 Å². The molecule has 1 aliphatic rings. The summed E-state index contributed by atoms with van der Waals surface area (Å²) in [6.07, 6.45) is 5.83. The Morgan fingerprint density at radius 2 is 1.83 bits per heavy atom. The smallest absolute Gasteiger partial charge is 0.291 e. The van der Waals surface area contributed by atoms with Gasteiger partial charge in [0.25, 0.3) is 11.8 Å². The molecule has 1 aliphatic carbocycles. The lowest BCUT2D eigenvalue weighted by atomic mass is 9.90. The monoisotopic (exact) mass is 390 g/mol. The van der Waals surface area contributed by atoms with E-state index in [9.17, 15) is 9.59 Å². The van der Waals surface area contributed by atoms with Crippen molar-refractivity contribution < 1.29 is 18.7 Å². The number of nitrogens with one attached hydrogen (secondary N) is 2. The average molecular weight is 390 g/mol. The number of anilines is 2. The first-order valence-electron chi connectivity index (χ1n) is 9.67. The van der Waals surface area contributed by atoms with Crippen LogP contribution >= 0.6 is 0 Å². The Morgan fingerprint density at radius 1 is 0.966 bits per heavy atom. The number of fused-ring (bicyclic) bond motifs is 1. The highest BCUT2D eigenvalue weighted by Gasteiger charge is 2.15. The van der Waals surface area contributed by atoms with Gasteiger partial charge in [-0.2, -0.15) is 0 Å². The molecule has 148 valence electrons. The summed E-state index contributed by atoms with van der Waals surface area (Å²) < 4.78 is 10.7. The zero-order chi connectivity index (χ0) is 20.1. The molecule has 0 saturated carbocycles. The van der Waals surface area contributed by atoms with E-state index in [2.05, 4.69) is 16.7 Å². The standard InChI is InChI=1S/C23H22N2O4/c26-22(25-20-11-3-7-16-6-1-2-10-19(16)20)15-29-18-9-4-8-17(14-18)24-23(27)21-12-5-13-28-21/h3-5,7-9,11-14H,1-2,6,10,15H2,(H,24,27)(H,25,26). The largest absolute Gasteiger partial charge is 0.484 e. The maximum atomic E-state index is 12.4. The molecule has 0 bridgehead atoms. The number of benzene rings is 2. The number of ether oxygens (including phenoxy) is 1. The minimum absolute atomic E-state index is 0.112. The number of rotatable bonds is 6.